The molecule has 10 heteroatoms. The van der Waals surface area contributed by atoms with Crippen molar-refractivity contribution in [3.05, 3.63) is 83.1 Å². The van der Waals surface area contributed by atoms with Gasteiger partial charge in [0.2, 0.25) is 0 Å². The van der Waals surface area contributed by atoms with Gasteiger partial charge in [-0.2, -0.15) is 5.10 Å². The van der Waals surface area contributed by atoms with E-state index in [0.29, 0.717) is 28.2 Å². The van der Waals surface area contributed by atoms with Crippen LogP contribution in [0.2, 0.25) is 5.02 Å². The molecule has 1 aliphatic rings. The van der Waals surface area contributed by atoms with E-state index < -0.39 is 11.8 Å². The minimum atomic E-state index is -0.798. The van der Waals surface area contributed by atoms with Crippen molar-refractivity contribution in [2.24, 2.45) is 0 Å². The summed E-state index contributed by atoms with van der Waals surface area (Å²) in [6.07, 6.45) is 5.54. The van der Waals surface area contributed by atoms with Gasteiger partial charge in [-0.1, -0.05) is 60.1 Å². The number of benzene rings is 2. The summed E-state index contributed by atoms with van der Waals surface area (Å²) in [5.41, 5.74) is 8.63. The molecule has 0 aliphatic carbocycles. The maximum Gasteiger partial charge on any atom is 0.314 e. The Balaban J connectivity index is 1.43. The quantitative estimate of drug-likeness (QED) is 0.362. The molecule has 1 atom stereocenters. The predicted molar refractivity (Wildman–Crippen MR) is 142 cm³/mol. The van der Waals surface area contributed by atoms with Gasteiger partial charge in [0.05, 0.1) is 23.5 Å². The van der Waals surface area contributed by atoms with E-state index >= 15 is 0 Å². The molecule has 0 saturated carbocycles. The molecular formula is C27H27ClN6O3. The monoisotopic (exact) mass is 518 g/mol. The third-order valence-electron chi connectivity index (χ3n) is 6.35. The van der Waals surface area contributed by atoms with E-state index in [9.17, 15) is 9.59 Å². The van der Waals surface area contributed by atoms with Gasteiger partial charge >= 0.3 is 11.8 Å². The number of fused-ring (bicyclic) bond motifs is 1. The summed E-state index contributed by atoms with van der Waals surface area (Å²) in [4.78, 5) is 32.4. The number of hydrogen-bond donors (Lipinski definition) is 2. The number of hydrogen-bond acceptors (Lipinski definition) is 6. The largest absolute Gasteiger partial charge is 0.383 e. The van der Waals surface area contributed by atoms with Crippen LogP contribution in [0.15, 0.2) is 67.0 Å². The number of nitrogens with zero attached hydrogens (tertiary/aromatic N) is 4. The molecule has 9 nitrogen and oxygen atoms in total. The third-order valence-corrected chi connectivity index (χ3v) is 6.72. The molecule has 3 heterocycles. The van der Waals surface area contributed by atoms with Crippen LogP contribution in [-0.2, 0) is 27.4 Å². The minimum Gasteiger partial charge on any atom is -0.383 e. The highest BCUT2D eigenvalue weighted by atomic mass is 35.5. The maximum atomic E-state index is 13.5. The lowest BCUT2D eigenvalue weighted by Crippen LogP contribution is -2.39. The van der Waals surface area contributed by atoms with Crippen LogP contribution < -0.4 is 11.1 Å². The number of halogens is 1. The molecule has 2 aromatic carbocycles. The number of nitrogens with two attached hydrogens (primary N) is 1. The number of pyridine rings is 1. The van der Waals surface area contributed by atoms with Crippen molar-refractivity contribution in [2.45, 2.75) is 38.6 Å². The molecule has 1 saturated heterocycles. The zero-order chi connectivity index (χ0) is 25.8. The average Bonchev–Trinajstić information content (AvgIpc) is 3.38. The zero-order valence-electron chi connectivity index (χ0n) is 20.1. The van der Waals surface area contributed by atoms with Crippen molar-refractivity contribution in [1.82, 2.24) is 19.7 Å². The first-order chi connectivity index (χ1) is 18.0. The summed E-state index contributed by atoms with van der Waals surface area (Å²) < 4.78 is 7.61. The maximum absolute atomic E-state index is 13.5. The van der Waals surface area contributed by atoms with Gasteiger partial charge in [0.25, 0.3) is 0 Å². The molecule has 37 heavy (non-hydrogen) atoms. The van der Waals surface area contributed by atoms with Crippen LogP contribution in [0.3, 0.4) is 0 Å². The highest BCUT2D eigenvalue weighted by Crippen LogP contribution is 2.32. The molecule has 1 fully saturated rings. The Kier molecular flexibility index (Phi) is 7.34. The van der Waals surface area contributed by atoms with Crippen LogP contribution in [0.1, 0.15) is 36.6 Å². The number of carbonyl (C=O) groups is 2. The fourth-order valence-electron chi connectivity index (χ4n) is 4.46. The van der Waals surface area contributed by atoms with Crippen molar-refractivity contribution in [3.63, 3.8) is 0 Å². The highest BCUT2D eigenvalue weighted by molar-refractivity contribution is 6.40. The van der Waals surface area contributed by atoms with Crippen LogP contribution in [0.5, 0.6) is 0 Å². The molecule has 190 valence electrons. The van der Waals surface area contributed by atoms with Crippen LogP contribution in [0.25, 0.3) is 10.9 Å². The summed E-state index contributed by atoms with van der Waals surface area (Å²) in [6.45, 7) is 1.04. The Hall–Kier alpha value is -3.95. The lowest BCUT2D eigenvalue weighted by Gasteiger charge is -2.25. The lowest BCUT2D eigenvalue weighted by atomic mass is 10.1. The molecule has 3 N–H and O–H groups in total. The third kappa shape index (κ3) is 5.42. The van der Waals surface area contributed by atoms with E-state index in [1.165, 1.54) is 11.1 Å². The molecule has 0 radical (unpaired) electrons. The first-order valence-corrected chi connectivity index (χ1v) is 12.5. The van der Waals surface area contributed by atoms with Gasteiger partial charge in [0.15, 0.2) is 6.23 Å². The molecule has 4 aromatic rings. The molecule has 2 amide bonds. The highest BCUT2D eigenvalue weighted by Gasteiger charge is 2.26. The predicted octanol–water partition coefficient (Wildman–Crippen LogP) is 4.53. The number of ether oxygens (including phenoxy) is 1. The summed E-state index contributed by atoms with van der Waals surface area (Å²) in [5, 5.41) is 8.31. The summed E-state index contributed by atoms with van der Waals surface area (Å²) in [7, 11) is 0. The van der Waals surface area contributed by atoms with Gasteiger partial charge in [0.1, 0.15) is 11.3 Å². The Morgan fingerprint density at radius 3 is 2.62 bits per heavy atom. The number of carbonyl (C=O) groups excluding carboxylic acids is 2. The number of amides is 2. The SMILES string of the molecule is Nc1ncc(NC(=O)C(=O)N(Cc2ccccc2)Cc2ccccc2Cl)c2c1cnn2C1CCCCO1. The van der Waals surface area contributed by atoms with E-state index in [1.54, 1.807) is 16.9 Å². The van der Waals surface area contributed by atoms with E-state index in [1.807, 2.05) is 48.5 Å². The fourth-order valence-corrected chi connectivity index (χ4v) is 4.66. The van der Waals surface area contributed by atoms with E-state index in [2.05, 4.69) is 15.4 Å². The van der Waals surface area contributed by atoms with Crippen molar-refractivity contribution in [3.8, 4) is 0 Å². The van der Waals surface area contributed by atoms with E-state index in [4.69, 9.17) is 22.1 Å². The molecule has 2 aromatic heterocycles. The lowest BCUT2D eigenvalue weighted by molar-refractivity contribution is -0.144. The minimum absolute atomic E-state index is 0.171. The molecule has 1 unspecified atom stereocenters. The molecule has 1 aliphatic heterocycles. The Morgan fingerprint density at radius 1 is 1.08 bits per heavy atom. The topological polar surface area (TPSA) is 115 Å². The smallest absolute Gasteiger partial charge is 0.314 e. The Morgan fingerprint density at radius 2 is 1.86 bits per heavy atom. The normalized spacial score (nSPS) is 15.4. The first kappa shape index (κ1) is 24.7. The number of anilines is 2. The van der Waals surface area contributed by atoms with Crippen molar-refractivity contribution in [2.75, 3.05) is 17.7 Å². The van der Waals surface area contributed by atoms with Gasteiger partial charge in [-0.15, -0.1) is 0 Å². The van der Waals surface area contributed by atoms with Gasteiger partial charge < -0.3 is 20.7 Å². The van der Waals surface area contributed by atoms with Crippen molar-refractivity contribution in [1.29, 1.82) is 0 Å². The second-order valence-corrected chi connectivity index (χ2v) is 9.33. The Bertz CT molecular complexity index is 1420. The van der Waals surface area contributed by atoms with Crippen molar-refractivity contribution < 1.29 is 14.3 Å². The second kappa shape index (κ2) is 11.0. The Labute approximate surface area is 219 Å². The number of rotatable bonds is 6. The summed E-state index contributed by atoms with van der Waals surface area (Å²) in [6, 6.07) is 16.7. The van der Waals surface area contributed by atoms with E-state index in [0.717, 1.165) is 30.4 Å². The standard InChI is InChI=1S/C27H27ClN6O3/c28-21-11-5-4-10-19(21)17-33(16-18-8-2-1-3-9-18)27(36)26(35)32-22-15-30-25(29)20-14-31-34(24(20)22)23-12-6-7-13-37-23/h1-5,8-11,14-15,23H,6-7,12-13,16-17H2,(H2,29,30)(H,32,35). The number of nitrogen functional groups attached to an aromatic ring is 1. The second-order valence-electron chi connectivity index (χ2n) is 8.92. The van der Waals surface area contributed by atoms with Gasteiger partial charge in [-0.05, 0) is 36.5 Å². The van der Waals surface area contributed by atoms with Crippen LogP contribution in [0.4, 0.5) is 11.5 Å². The summed E-state index contributed by atoms with van der Waals surface area (Å²) in [5.74, 6) is -1.22. The summed E-state index contributed by atoms with van der Waals surface area (Å²) >= 11 is 6.36. The van der Waals surface area contributed by atoms with Crippen LogP contribution in [0, 0.1) is 0 Å². The zero-order valence-corrected chi connectivity index (χ0v) is 20.9. The van der Waals surface area contributed by atoms with Crippen LogP contribution in [-0.4, -0.2) is 38.1 Å². The number of nitrogens with one attached hydrogen (secondary N) is 1. The van der Waals surface area contributed by atoms with Crippen LogP contribution >= 0.6 is 11.6 Å². The fraction of sp³-hybridized carbons (Fsp3) is 0.259. The van der Waals surface area contributed by atoms with Gasteiger partial charge in [-0.3, -0.25) is 9.59 Å². The van der Waals surface area contributed by atoms with Gasteiger partial charge in [-0.25, -0.2) is 9.67 Å². The average molecular weight is 519 g/mol. The first-order valence-electron chi connectivity index (χ1n) is 12.1. The molecule has 5 rings (SSSR count). The number of aromatic nitrogens is 3. The van der Waals surface area contributed by atoms with E-state index in [-0.39, 0.29) is 25.1 Å². The van der Waals surface area contributed by atoms with Gasteiger partial charge in [0, 0.05) is 24.7 Å². The molecular weight excluding hydrogens is 492 g/mol. The molecule has 0 spiro atoms. The molecule has 0 bridgehead atoms. The van der Waals surface area contributed by atoms with Crippen molar-refractivity contribution >= 4 is 45.8 Å².